The zero-order valence-electron chi connectivity index (χ0n) is 15.4. The molecule has 0 fully saturated rings. The summed E-state index contributed by atoms with van der Waals surface area (Å²) in [4.78, 5) is 23.2. The summed E-state index contributed by atoms with van der Waals surface area (Å²) < 4.78 is 37.8. The monoisotopic (exact) mass is 407 g/mol. The van der Waals surface area contributed by atoms with E-state index in [-0.39, 0.29) is 29.2 Å². The highest BCUT2D eigenvalue weighted by Gasteiger charge is 2.28. The van der Waals surface area contributed by atoms with Crippen LogP contribution in [0.25, 0.3) is 0 Å². The topological polar surface area (TPSA) is 119 Å². The summed E-state index contributed by atoms with van der Waals surface area (Å²) in [5.41, 5.74) is 0.578. The van der Waals surface area contributed by atoms with Crippen molar-refractivity contribution >= 4 is 22.0 Å². The molecule has 0 spiro atoms. The van der Waals surface area contributed by atoms with Crippen molar-refractivity contribution < 1.29 is 32.6 Å². The van der Waals surface area contributed by atoms with Crippen LogP contribution in [0.15, 0.2) is 53.4 Å². The van der Waals surface area contributed by atoms with Gasteiger partial charge in [-0.05, 0) is 31.0 Å². The van der Waals surface area contributed by atoms with Crippen molar-refractivity contribution in [3.05, 3.63) is 59.7 Å². The molecule has 2 aromatic rings. The van der Waals surface area contributed by atoms with Gasteiger partial charge >= 0.3 is 11.9 Å². The molecule has 0 amide bonds. The molecule has 28 heavy (non-hydrogen) atoms. The maximum atomic E-state index is 12.8. The molecular formula is C19H21NO7S. The molecular weight excluding hydrogens is 386 g/mol. The number of carboxylic acid groups (broad SMARTS) is 1. The van der Waals surface area contributed by atoms with Crippen molar-refractivity contribution in [3.8, 4) is 5.75 Å². The minimum atomic E-state index is -4.14. The summed E-state index contributed by atoms with van der Waals surface area (Å²) >= 11 is 0. The lowest BCUT2D eigenvalue weighted by molar-refractivity contribution is -0.145. The van der Waals surface area contributed by atoms with Crippen molar-refractivity contribution in [3.63, 3.8) is 0 Å². The first-order chi connectivity index (χ1) is 13.3. The zero-order chi connectivity index (χ0) is 20.7. The summed E-state index contributed by atoms with van der Waals surface area (Å²) in [6.07, 6.45) is 0.100. The van der Waals surface area contributed by atoms with E-state index in [0.717, 1.165) is 23.8 Å². The molecule has 2 N–H and O–H groups in total. The molecule has 0 bridgehead atoms. The molecule has 2 aromatic carbocycles. The molecule has 8 nitrogen and oxygen atoms in total. The van der Waals surface area contributed by atoms with Crippen molar-refractivity contribution in [2.24, 2.45) is 0 Å². The molecule has 0 radical (unpaired) electrons. The number of benzene rings is 2. The van der Waals surface area contributed by atoms with Gasteiger partial charge in [-0.1, -0.05) is 30.3 Å². The Kier molecular flexibility index (Phi) is 7.13. The molecule has 2 rings (SSSR count). The standard InChI is InChI=1S/C19H21NO7S/c1-3-27-19(23)16(11-13-7-5-4-6-8-13)20-28(24,25)14-9-10-15(18(21)22)17(12-14)26-2/h4-10,12,16,20H,3,11H2,1-2H3,(H,21,22). The largest absolute Gasteiger partial charge is 0.496 e. The highest BCUT2D eigenvalue weighted by molar-refractivity contribution is 7.89. The Morgan fingerprint density at radius 3 is 2.39 bits per heavy atom. The van der Waals surface area contributed by atoms with E-state index in [1.54, 1.807) is 31.2 Å². The fourth-order valence-corrected chi connectivity index (χ4v) is 3.74. The third kappa shape index (κ3) is 5.30. The van der Waals surface area contributed by atoms with Crippen LogP contribution < -0.4 is 9.46 Å². The summed E-state index contributed by atoms with van der Waals surface area (Å²) in [6, 6.07) is 11.1. The SMILES string of the molecule is CCOC(=O)C(Cc1ccccc1)NS(=O)(=O)c1ccc(C(=O)O)c(OC)c1. The predicted octanol–water partition coefficient (Wildman–Crippen LogP) is 1.85. The van der Waals surface area contributed by atoms with Crippen LogP contribution >= 0.6 is 0 Å². The number of carbonyl (C=O) groups is 2. The van der Waals surface area contributed by atoms with E-state index in [9.17, 15) is 18.0 Å². The van der Waals surface area contributed by atoms with Gasteiger partial charge in [-0.2, -0.15) is 4.72 Å². The van der Waals surface area contributed by atoms with Crippen LogP contribution in [0.5, 0.6) is 5.75 Å². The number of aromatic carboxylic acids is 1. The van der Waals surface area contributed by atoms with E-state index in [4.69, 9.17) is 14.6 Å². The fraction of sp³-hybridized carbons (Fsp3) is 0.263. The van der Waals surface area contributed by atoms with E-state index >= 15 is 0 Å². The molecule has 0 aliphatic carbocycles. The van der Waals surface area contributed by atoms with E-state index < -0.39 is 28.0 Å². The van der Waals surface area contributed by atoms with Crippen molar-refractivity contribution in [2.75, 3.05) is 13.7 Å². The van der Waals surface area contributed by atoms with Crippen molar-refractivity contribution in [1.29, 1.82) is 0 Å². The quantitative estimate of drug-likeness (QED) is 0.609. The molecule has 0 aliphatic rings. The molecule has 1 atom stereocenters. The smallest absolute Gasteiger partial charge is 0.339 e. The van der Waals surface area contributed by atoms with Crippen LogP contribution in [0, 0.1) is 0 Å². The molecule has 9 heteroatoms. The highest BCUT2D eigenvalue weighted by atomic mass is 32.2. The van der Waals surface area contributed by atoms with Gasteiger partial charge in [0.15, 0.2) is 0 Å². The first-order valence-corrected chi connectivity index (χ1v) is 9.91. The van der Waals surface area contributed by atoms with Gasteiger partial charge in [-0.3, -0.25) is 4.79 Å². The van der Waals surface area contributed by atoms with Crippen LogP contribution in [-0.4, -0.2) is 45.2 Å². The highest BCUT2D eigenvalue weighted by Crippen LogP contribution is 2.23. The number of ether oxygens (including phenoxy) is 2. The minimum absolute atomic E-state index is 0.100. The summed E-state index contributed by atoms with van der Waals surface area (Å²) in [7, 11) is -2.90. The molecule has 0 saturated carbocycles. The lowest BCUT2D eigenvalue weighted by Gasteiger charge is -2.18. The second-order valence-corrected chi connectivity index (χ2v) is 7.50. The second kappa shape index (κ2) is 9.34. The van der Waals surface area contributed by atoms with E-state index in [1.165, 1.54) is 7.11 Å². The summed E-state index contributed by atoms with van der Waals surface area (Å²) in [6.45, 7) is 1.73. The van der Waals surface area contributed by atoms with Crippen LogP contribution in [0.1, 0.15) is 22.8 Å². The zero-order valence-corrected chi connectivity index (χ0v) is 16.2. The van der Waals surface area contributed by atoms with Crippen LogP contribution in [0.4, 0.5) is 0 Å². The van der Waals surface area contributed by atoms with Gasteiger partial charge in [0.1, 0.15) is 17.4 Å². The first kappa shape index (κ1) is 21.4. The Bertz CT molecular complexity index is 942. The van der Waals surface area contributed by atoms with Crippen molar-refractivity contribution in [1.82, 2.24) is 4.72 Å². The molecule has 0 heterocycles. The van der Waals surface area contributed by atoms with Gasteiger partial charge in [0.25, 0.3) is 0 Å². The lowest BCUT2D eigenvalue weighted by Crippen LogP contribution is -2.43. The number of rotatable bonds is 9. The Balaban J connectivity index is 2.33. The first-order valence-electron chi connectivity index (χ1n) is 8.42. The Morgan fingerprint density at radius 1 is 1.14 bits per heavy atom. The number of methoxy groups -OCH3 is 1. The Labute approximate surface area is 163 Å². The van der Waals surface area contributed by atoms with Crippen LogP contribution in [0.3, 0.4) is 0 Å². The molecule has 150 valence electrons. The van der Waals surface area contributed by atoms with E-state index in [1.807, 2.05) is 6.07 Å². The Hall–Kier alpha value is -2.91. The van der Waals surface area contributed by atoms with Gasteiger partial charge in [-0.25, -0.2) is 13.2 Å². The van der Waals surface area contributed by atoms with E-state index in [2.05, 4.69) is 4.72 Å². The predicted molar refractivity (Wildman–Crippen MR) is 101 cm³/mol. The van der Waals surface area contributed by atoms with Gasteiger partial charge in [0.2, 0.25) is 10.0 Å². The second-order valence-electron chi connectivity index (χ2n) is 5.78. The average molecular weight is 407 g/mol. The molecule has 0 saturated heterocycles. The maximum Gasteiger partial charge on any atom is 0.339 e. The number of esters is 1. The molecule has 0 aromatic heterocycles. The minimum Gasteiger partial charge on any atom is -0.496 e. The summed E-state index contributed by atoms with van der Waals surface area (Å²) in [5.74, 6) is -2.06. The normalized spacial score (nSPS) is 12.2. The number of carboxylic acids is 1. The van der Waals surface area contributed by atoms with Gasteiger partial charge in [-0.15, -0.1) is 0 Å². The van der Waals surface area contributed by atoms with Gasteiger partial charge in [0, 0.05) is 6.07 Å². The van der Waals surface area contributed by atoms with Crippen LogP contribution in [0.2, 0.25) is 0 Å². The fourth-order valence-electron chi connectivity index (χ4n) is 2.54. The van der Waals surface area contributed by atoms with Gasteiger partial charge < -0.3 is 14.6 Å². The van der Waals surface area contributed by atoms with E-state index in [0.29, 0.717) is 0 Å². The summed E-state index contributed by atoms with van der Waals surface area (Å²) in [5, 5.41) is 9.13. The maximum absolute atomic E-state index is 12.8. The molecule has 0 aliphatic heterocycles. The number of carbonyl (C=O) groups excluding carboxylic acids is 1. The average Bonchev–Trinajstić information content (AvgIpc) is 2.67. The number of hydrogen-bond donors (Lipinski definition) is 2. The lowest BCUT2D eigenvalue weighted by atomic mass is 10.1. The Morgan fingerprint density at radius 2 is 1.82 bits per heavy atom. The number of nitrogens with one attached hydrogen (secondary N) is 1. The number of sulfonamides is 1. The van der Waals surface area contributed by atoms with Crippen LogP contribution in [-0.2, 0) is 26.0 Å². The van der Waals surface area contributed by atoms with Gasteiger partial charge in [0.05, 0.1) is 18.6 Å². The van der Waals surface area contributed by atoms with Crippen molar-refractivity contribution in [2.45, 2.75) is 24.3 Å². The number of hydrogen-bond acceptors (Lipinski definition) is 6. The third-order valence-corrected chi connectivity index (χ3v) is 5.33. The molecule has 1 unspecified atom stereocenters. The third-order valence-electron chi connectivity index (χ3n) is 3.86.